The van der Waals surface area contributed by atoms with Gasteiger partial charge in [-0.15, -0.1) is 0 Å². The average molecular weight is 202 g/mol. The van der Waals surface area contributed by atoms with Gasteiger partial charge in [0.25, 0.3) is 0 Å². The minimum absolute atomic E-state index is 0.812. The number of hydrogen-bond donors (Lipinski definition) is 2. The molecule has 0 spiro atoms. The summed E-state index contributed by atoms with van der Waals surface area (Å²) in [6.07, 6.45) is 3.71. The summed E-state index contributed by atoms with van der Waals surface area (Å²) in [5.74, 6) is 0. The zero-order valence-corrected chi connectivity index (χ0v) is 8.86. The molecule has 3 N–H and O–H groups in total. The van der Waals surface area contributed by atoms with E-state index < -0.39 is 0 Å². The molecule has 0 atom stereocenters. The Morgan fingerprint density at radius 3 is 2.73 bits per heavy atom. The van der Waals surface area contributed by atoms with Crippen LogP contribution in [0.3, 0.4) is 0 Å². The van der Waals surface area contributed by atoms with E-state index in [-0.39, 0.29) is 0 Å². The summed E-state index contributed by atoms with van der Waals surface area (Å²) in [4.78, 5) is 0. The standard InChI is InChI=1S/C11H14N4/c1-8-5-9(3-4-11(8)12)14-10-6-13-15(2)7-10/h3-7,14H,12H2,1-2H3. The lowest BCUT2D eigenvalue weighted by Gasteiger charge is -2.06. The third-order valence-corrected chi connectivity index (χ3v) is 2.26. The van der Waals surface area contributed by atoms with E-state index in [4.69, 9.17) is 5.73 Å². The van der Waals surface area contributed by atoms with Crippen molar-refractivity contribution in [2.75, 3.05) is 11.1 Å². The fraction of sp³-hybridized carbons (Fsp3) is 0.182. The number of aryl methyl sites for hydroxylation is 2. The van der Waals surface area contributed by atoms with Crippen LogP contribution in [0.25, 0.3) is 0 Å². The maximum absolute atomic E-state index is 5.74. The first-order valence-electron chi connectivity index (χ1n) is 4.77. The van der Waals surface area contributed by atoms with Crippen LogP contribution < -0.4 is 11.1 Å². The molecular formula is C11H14N4. The van der Waals surface area contributed by atoms with Gasteiger partial charge in [0, 0.05) is 24.6 Å². The third kappa shape index (κ3) is 2.10. The van der Waals surface area contributed by atoms with Gasteiger partial charge in [-0.3, -0.25) is 4.68 Å². The van der Waals surface area contributed by atoms with Crippen LogP contribution in [0.15, 0.2) is 30.6 Å². The lowest BCUT2D eigenvalue weighted by molar-refractivity contribution is 0.768. The molecule has 0 saturated heterocycles. The van der Waals surface area contributed by atoms with Crippen molar-refractivity contribution in [2.24, 2.45) is 7.05 Å². The largest absolute Gasteiger partial charge is 0.399 e. The second-order valence-corrected chi connectivity index (χ2v) is 3.60. The predicted octanol–water partition coefficient (Wildman–Crippen LogP) is 2.05. The van der Waals surface area contributed by atoms with E-state index in [1.807, 2.05) is 38.4 Å². The first-order chi connectivity index (χ1) is 7.15. The number of nitrogens with zero attached hydrogens (tertiary/aromatic N) is 2. The van der Waals surface area contributed by atoms with Gasteiger partial charge in [-0.05, 0) is 30.7 Å². The van der Waals surface area contributed by atoms with Crippen LogP contribution in [-0.4, -0.2) is 9.78 Å². The first kappa shape index (κ1) is 9.58. The fourth-order valence-corrected chi connectivity index (χ4v) is 1.41. The van der Waals surface area contributed by atoms with Crippen LogP contribution in [0, 0.1) is 6.92 Å². The van der Waals surface area contributed by atoms with Gasteiger partial charge in [0.05, 0.1) is 11.9 Å². The molecule has 0 unspecified atom stereocenters. The van der Waals surface area contributed by atoms with Crippen LogP contribution in [0.4, 0.5) is 17.1 Å². The SMILES string of the molecule is Cc1cc(Nc2cnn(C)c2)ccc1N. The Labute approximate surface area is 88.7 Å². The molecule has 0 aliphatic rings. The normalized spacial score (nSPS) is 10.3. The molecule has 0 radical (unpaired) electrons. The minimum Gasteiger partial charge on any atom is -0.399 e. The Kier molecular flexibility index (Phi) is 2.33. The Hall–Kier alpha value is -1.97. The molecule has 1 aromatic carbocycles. The highest BCUT2D eigenvalue weighted by atomic mass is 15.3. The van der Waals surface area contributed by atoms with Crippen molar-refractivity contribution in [3.8, 4) is 0 Å². The molecule has 1 heterocycles. The number of nitrogens with two attached hydrogens (primary N) is 1. The maximum atomic E-state index is 5.74. The Bertz CT molecular complexity index is 473. The van der Waals surface area contributed by atoms with Crippen LogP contribution in [-0.2, 0) is 7.05 Å². The van der Waals surface area contributed by atoms with Gasteiger partial charge in [0.2, 0.25) is 0 Å². The lowest BCUT2D eigenvalue weighted by atomic mass is 10.2. The van der Waals surface area contributed by atoms with Gasteiger partial charge in [0.15, 0.2) is 0 Å². The molecular weight excluding hydrogens is 188 g/mol. The summed E-state index contributed by atoms with van der Waals surface area (Å²) in [5.41, 5.74) is 9.62. The topological polar surface area (TPSA) is 55.9 Å². The Balaban J connectivity index is 2.21. The van der Waals surface area contributed by atoms with Gasteiger partial charge in [-0.1, -0.05) is 0 Å². The van der Waals surface area contributed by atoms with Crippen LogP contribution in [0.2, 0.25) is 0 Å². The van der Waals surface area contributed by atoms with Crippen LogP contribution >= 0.6 is 0 Å². The van der Waals surface area contributed by atoms with Gasteiger partial charge < -0.3 is 11.1 Å². The van der Waals surface area contributed by atoms with Gasteiger partial charge in [-0.2, -0.15) is 5.10 Å². The number of rotatable bonds is 2. The molecule has 0 bridgehead atoms. The smallest absolute Gasteiger partial charge is 0.0770 e. The summed E-state index contributed by atoms with van der Waals surface area (Å²) in [7, 11) is 1.89. The fourth-order valence-electron chi connectivity index (χ4n) is 1.41. The summed E-state index contributed by atoms with van der Waals surface area (Å²) >= 11 is 0. The van der Waals surface area contributed by atoms with E-state index in [0.29, 0.717) is 0 Å². The van der Waals surface area contributed by atoms with Crippen molar-refractivity contribution in [1.29, 1.82) is 0 Å². The van der Waals surface area contributed by atoms with E-state index in [9.17, 15) is 0 Å². The molecule has 4 nitrogen and oxygen atoms in total. The highest BCUT2D eigenvalue weighted by Crippen LogP contribution is 2.20. The van der Waals surface area contributed by atoms with E-state index in [1.165, 1.54) is 0 Å². The second kappa shape index (κ2) is 3.65. The summed E-state index contributed by atoms with van der Waals surface area (Å²) in [6.45, 7) is 1.99. The second-order valence-electron chi connectivity index (χ2n) is 3.60. The quantitative estimate of drug-likeness (QED) is 0.733. The highest BCUT2D eigenvalue weighted by Gasteiger charge is 1.99. The van der Waals surface area contributed by atoms with Gasteiger partial charge >= 0.3 is 0 Å². The number of aromatic nitrogens is 2. The summed E-state index contributed by atoms with van der Waals surface area (Å²) < 4.78 is 1.76. The number of anilines is 3. The van der Waals surface area contributed by atoms with Crippen molar-refractivity contribution in [2.45, 2.75) is 6.92 Å². The number of benzene rings is 1. The van der Waals surface area contributed by atoms with Crippen molar-refractivity contribution >= 4 is 17.1 Å². The Morgan fingerprint density at radius 1 is 1.33 bits per heavy atom. The van der Waals surface area contributed by atoms with Gasteiger partial charge in [-0.25, -0.2) is 0 Å². The van der Waals surface area contributed by atoms with Crippen LogP contribution in [0.1, 0.15) is 5.56 Å². The van der Waals surface area contributed by atoms with E-state index in [1.54, 1.807) is 10.9 Å². The molecule has 0 amide bonds. The predicted molar refractivity (Wildman–Crippen MR) is 62.1 cm³/mol. The first-order valence-corrected chi connectivity index (χ1v) is 4.77. The average Bonchev–Trinajstić information content (AvgIpc) is 2.58. The monoisotopic (exact) mass is 202 g/mol. The maximum Gasteiger partial charge on any atom is 0.0770 e. The van der Waals surface area contributed by atoms with Crippen molar-refractivity contribution < 1.29 is 0 Å². The molecule has 0 aliphatic heterocycles. The molecule has 1 aromatic heterocycles. The highest BCUT2D eigenvalue weighted by molar-refractivity contribution is 5.63. The molecule has 0 fully saturated rings. The van der Waals surface area contributed by atoms with E-state index in [0.717, 1.165) is 22.6 Å². The van der Waals surface area contributed by atoms with Gasteiger partial charge in [0.1, 0.15) is 0 Å². The summed E-state index contributed by atoms with van der Waals surface area (Å²) in [5, 5.41) is 7.34. The number of hydrogen-bond acceptors (Lipinski definition) is 3. The lowest BCUT2D eigenvalue weighted by Crippen LogP contribution is -1.93. The molecule has 2 rings (SSSR count). The molecule has 4 heteroatoms. The van der Waals surface area contributed by atoms with Crippen molar-refractivity contribution in [3.05, 3.63) is 36.2 Å². The number of nitrogens with one attached hydrogen (secondary N) is 1. The van der Waals surface area contributed by atoms with Crippen molar-refractivity contribution in [1.82, 2.24) is 9.78 Å². The van der Waals surface area contributed by atoms with Crippen molar-refractivity contribution in [3.63, 3.8) is 0 Å². The molecule has 15 heavy (non-hydrogen) atoms. The zero-order valence-electron chi connectivity index (χ0n) is 8.86. The molecule has 0 saturated carbocycles. The zero-order chi connectivity index (χ0) is 10.8. The van der Waals surface area contributed by atoms with E-state index >= 15 is 0 Å². The molecule has 2 aromatic rings. The third-order valence-electron chi connectivity index (χ3n) is 2.26. The molecule has 78 valence electrons. The van der Waals surface area contributed by atoms with E-state index in [2.05, 4.69) is 10.4 Å². The summed E-state index contributed by atoms with van der Waals surface area (Å²) in [6, 6.07) is 5.87. The number of nitrogen functional groups attached to an aromatic ring is 1. The molecule has 0 aliphatic carbocycles. The minimum atomic E-state index is 0.812. The van der Waals surface area contributed by atoms with Crippen LogP contribution in [0.5, 0.6) is 0 Å². The Morgan fingerprint density at radius 2 is 2.13 bits per heavy atom.